The summed E-state index contributed by atoms with van der Waals surface area (Å²) >= 11 is 0. The Kier molecular flexibility index (Phi) is 8.51. The Bertz CT molecular complexity index is 827. The standard InChI is InChI=1S/C26H34N2O3/c1-20(18-22-8-11-24(31-2)12-9-22)27-25(29)19-23-14-16-28(17-15-23)26(30)13-10-21-6-4-3-5-7-21/h3-9,11-12,20,23H,10,13-19H2,1-2H3,(H,27,29). The minimum Gasteiger partial charge on any atom is -0.497 e. The van der Waals surface area contributed by atoms with Gasteiger partial charge in [-0.05, 0) is 61.8 Å². The van der Waals surface area contributed by atoms with Crippen molar-refractivity contribution >= 4 is 11.8 Å². The van der Waals surface area contributed by atoms with Crippen molar-refractivity contribution in [2.24, 2.45) is 5.92 Å². The Balaban J connectivity index is 1.34. The van der Waals surface area contributed by atoms with Crippen LogP contribution in [0.2, 0.25) is 0 Å². The topological polar surface area (TPSA) is 58.6 Å². The molecule has 1 atom stereocenters. The monoisotopic (exact) mass is 422 g/mol. The molecule has 2 aromatic carbocycles. The molecule has 0 bridgehead atoms. The molecule has 166 valence electrons. The minimum absolute atomic E-state index is 0.0838. The van der Waals surface area contributed by atoms with Crippen LogP contribution in [0.5, 0.6) is 5.75 Å². The highest BCUT2D eigenvalue weighted by atomic mass is 16.5. The Morgan fingerprint density at radius 2 is 1.71 bits per heavy atom. The van der Waals surface area contributed by atoms with Crippen molar-refractivity contribution in [3.63, 3.8) is 0 Å². The number of carbonyl (C=O) groups excluding carboxylic acids is 2. The van der Waals surface area contributed by atoms with E-state index in [2.05, 4.69) is 17.4 Å². The van der Waals surface area contributed by atoms with E-state index >= 15 is 0 Å². The van der Waals surface area contributed by atoms with Gasteiger partial charge in [0, 0.05) is 32.0 Å². The number of methoxy groups -OCH3 is 1. The number of ether oxygens (including phenoxy) is 1. The average molecular weight is 423 g/mol. The van der Waals surface area contributed by atoms with Crippen molar-refractivity contribution in [1.29, 1.82) is 0 Å². The van der Waals surface area contributed by atoms with Crippen molar-refractivity contribution in [3.05, 3.63) is 65.7 Å². The highest BCUT2D eigenvalue weighted by Gasteiger charge is 2.24. The maximum absolute atomic E-state index is 12.5. The second-order valence-electron chi connectivity index (χ2n) is 8.53. The summed E-state index contributed by atoms with van der Waals surface area (Å²) in [5.74, 6) is 1.52. The lowest BCUT2D eigenvalue weighted by molar-refractivity contribution is -0.132. The lowest BCUT2D eigenvalue weighted by Gasteiger charge is -2.32. The third-order valence-corrected chi connectivity index (χ3v) is 6.02. The molecule has 5 nitrogen and oxygen atoms in total. The van der Waals surface area contributed by atoms with Gasteiger partial charge in [-0.3, -0.25) is 9.59 Å². The van der Waals surface area contributed by atoms with E-state index in [1.54, 1.807) is 7.11 Å². The molecule has 5 heteroatoms. The molecule has 1 aliphatic rings. The van der Waals surface area contributed by atoms with E-state index in [0.29, 0.717) is 18.8 Å². The van der Waals surface area contributed by atoms with Crippen LogP contribution in [-0.4, -0.2) is 43.0 Å². The van der Waals surface area contributed by atoms with Crippen LogP contribution in [0.1, 0.15) is 43.7 Å². The third kappa shape index (κ3) is 7.42. The molecule has 1 aliphatic heterocycles. The molecule has 1 unspecified atom stereocenters. The number of aryl methyl sites for hydroxylation is 1. The summed E-state index contributed by atoms with van der Waals surface area (Å²) < 4.78 is 5.19. The maximum Gasteiger partial charge on any atom is 0.222 e. The van der Waals surface area contributed by atoms with Crippen molar-refractivity contribution in [1.82, 2.24) is 10.2 Å². The Hall–Kier alpha value is -2.82. The molecular formula is C26H34N2O3. The maximum atomic E-state index is 12.5. The molecule has 0 aromatic heterocycles. The van der Waals surface area contributed by atoms with Crippen molar-refractivity contribution in [2.45, 2.75) is 51.5 Å². The van der Waals surface area contributed by atoms with E-state index in [0.717, 1.165) is 44.5 Å². The summed E-state index contributed by atoms with van der Waals surface area (Å²) in [6.45, 7) is 3.55. The molecule has 0 aliphatic carbocycles. The first-order chi connectivity index (χ1) is 15.0. The molecule has 2 aromatic rings. The van der Waals surface area contributed by atoms with Gasteiger partial charge in [-0.1, -0.05) is 42.5 Å². The van der Waals surface area contributed by atoms with Crippen LogP contribution in [0.3, 0.4) is 0 Å². The largest absolute Gasteiger partial charge is 0.497 e. The van der Waals surface area contributed by atoms with Gasteiger partial charge in [0.15, 0.2) is 0 Å². The van der Waals surface area contributed by atoms with Gasteiger partial charge in [-0.25, -0.2) is 0 Å². The SMILES string of the molecule is COc1ccc(CC(C)NC(=O)CC2CCN(C(=O)CCc3ccccc3)CC2)cc1. The van der Waals surface area contributed by atoms with Gasteiger partial charge in [-0.2, -0.15) is 0 Å². The van der Waals surface area contributed by atoms with Gasteiger partial charge in [0.2, 0.25) is 11.8 Å². The summed E-state index contributed by atoms with van der Waals surface area (Å²) in [6, 6.07) is 18.2. The number of rotatable bonds is 9. The predicted molar refractivity (Wildman–Crippen MR) is 123 cm³/mol. The first-order valence-corrected chi connectivity index (χ1v) is 11.3. The molecule has 1 N–H and O–H groups in total. The van der Waals surface area contributed by atoms with Crippen LogP contribution in [0.25, 0.3) is 0 Å². The molecule has 1 heterocycles. The number of likely N-dealkylation sites (tertiary alicyclic amines) is 1. The van der Waals surface area contributed by atoms with E-state index < -0.39 is 0 Å². The fourth-order valence-electron chi connectivity index (χ4n) is 4.20. The van der Waals surface area contributed by atoms with Crippen LogP contribution in [0.15, 0.2) is 54.6 Å². The Morgan fingerprint density at radius 1 is 1.03 bits per heavy atom. The number of piperidine rings is 1. The van der Waals surface area contributed by atoms with E-state index in [9.17, 15) is 9.59 Å². The number of hydrogen-bond donors (Lipinski definition) is 1. The number of nitrogens with zero attached hydrogens (tertiary/aromatic N) is 1. The van der Waals surface area contributed by atoms with Crippen molar-refractivity contribution in [2.75, 3.05) is 20.2 Å². The summed E-state index contributed by atoms with van der Waals surface area (Å²) in [5.41, 5.74) is 2.38. The van der Waals surface area contributed by atoms with Crippen LogP contribution in [0.4, 0.5) is 0 Å². The quantitative estimate of drug-likeness (QED) is 0.664. The van der Waals surface area contributed by atoms with Gasteiger partial charge >= 0.3 is 0 Å². The molecule has 31 heavy (non-hydrogen) atoms. The Morgan fingerprint density at radius 3 is 2.35 bits per heavy atom. The Labute approximate surface area is 185 Å². The van der Waals surface area contributed by atoms with Crippen molar-refractivity contribution < 1.29 is 14.3 Å². The average Bonchev–Trinajstić information content (AvgIpc) is 2.79. The molecule has 1 fully saturated rings. The number of amides is 2. The first-order valence-electron chi connectivity index (χ1n) is 11.3. The zero-order valence-electron chi connectivity index (χ0n) is 18.7. The normalized spacial score (nSPS) is 15.4. The zero-order chi connectivity index (χ0) is 22.1. The molecule has 2 amide bonds. The lowest BCUT2D eigenvalue weighted by Crippen LogP contribution is -2.41. The van der Waals surface area contributed by atoms with Crippen LogP contribution >= 0.6 is 0 Å². The predicted octanol–water partition coefficient (Wildman–Crippen LogP) is 4.00. The number of carbonyl (C=O) groups is 2. The molecule has 1 saturated heterocycles. The highest BCUT2D eigenvalue weighted by Crippen LogP contribution is 2.21. The zero-order valence-corrected chi connectivity index (χ0v) is 18.7. The van der Waals surface area contributed by atoms with Crippen LogP contribution in [0, 0.1) is 5.92 Å². The third-order valence-electron chi connectivity index (χ3n) is 6.02. The summed E-state index contributed by atoms with van der Waals surface area (Å²) in [5, 5.41) is 3.13. The molecule has 0 saturated carbocycles. The lowest BCUT2D eigenvalue weighted by atomic mass is 9.92. The van der Waals surface area contributed by atoms with Gasteiger partial charge in [-0.15, -0.1) is 0 Å². The molecule has 0 radical (unpaired) electrons. The van der Waals surface area contributed by atoms with E-state index in [-0.39, 0.29) is 17.9 Å². The number of hydrogen-bond acceptors (Lipinski definition) is 3. The van der Waals surface area contributed by atoms with Gasteiger partial charge in [0.25, 0.3) is 0 Å². The fourth-order valence-corrected chi connectivity index (χ4v) is 4.20. The van der Waals surface area contributed by atoms with E-state index in [1.165, 1.54) is 11.1 Å². The second-order valence-corrected chi connectivity index (χ2v) is 8.53. The second kappa shape index (κ2) is 11.5. The van der Waals surface area contributed by atoms with Gasteiger partial charge < -0.3 is 15.0 Å². The molecule has 3 rings (SSSR count). The van der Waals surface area contributed by atoms with Crippen LogP contribution in [-0.2, 0) is 22.4 Å². The van der Waals surface area contributed by atoms with E-state index in [4.69, 9.17) is 4.74 Å². The van der Waals surface area contributed by atoms with Crippen molar-refractivity contribution in [3.8, 4) is 5.75 Å². The van der Waals surface area contributed by atoms with E-state index in [1.807, 2.05) is 54.3 Å². The van der Waals surface area contributed by atoms with Crippen LogP contribution < -0.4 is 10.1 Å². The minimum atomic E-state index is 0.0838. The number of nitrogens with one attached hydrogen (secondary N) is 1. The number of benzene rings is 2. The first kappa shape index (κ1) is 22.9. The smallest absolute Gasteiger partial charge is 0.222 e. The van der Waals surface area contributed by atoms with Gasteiger partial charge in [0.05, 0.1) is 7.11 Å². The fraction of sp³-hybridized carbons (Fsp3) is 0.462. The van der Waals surface area contributed by atoms with Gasteiger partial charge in [0.1, 0.15) is 5.75 Å². The summed E-state index contributed by atoms with van der Waals surface area (Å²) in [4.78, 5) is 26.9. The summed E-state index contributed by atoms with van der Waals surface area (Å²) in [6.07, 6.45) is 4.48. The molecular weight excluding hydrogens is 388 g/mol. The summed E-state index contributed by atoms with van der Waals surface area (Å²) in [7, 11) is 1.66. The highest BCUT2D eigenvalue weighted by molar-refractivity contribution is 5.77. The molecule has 0 spiro atoms.